The molecule has 2 amide bonds. The van der Waals surface area contributed by atoms with Crippen LogP contribution >= 0.6 is 0 Å². The first kappa shape index (κ1) is 13.6. The Balaban J connectivity index is 1.67. The number of hydrogen-bond donors (Lipinski definition) is 0. The molecule has 0 atom stereocenters. The number of fused-ring (bicyclic) bond motifs is 1. The van der Waals surface area contributed by atoms with Crippen LogP contribution in [0.2, 0.25) is 0 Å². The molecule has 1 aliphatic heterocycles. The van der Waals surface area contributed by atoms with Crippen LogP contribution in [-0.4, -0.2) is 30.0 Å². The Hall–Kier alpha value is -3.06. The molecule has 7 nitrogen and oxygen atoms in total. The SMILES string of the molecule is O=C1COCC(=O)N1c1cc[n+](-c2nc3ccccc3o2)cc1. The molecule has 0 N–H and O–H groups in total. The number of nitrogens with zero attached hydrogens (tertiary/aromatic N) is 3. The fourth-order valence-corrected chi connectivity index (χ4v) is 2.45. The van der Waals surface area contributed by atoms with Crippen LogP contribution < -0.4 is 9.47 Å². The van der Waals surface area contributed by atoms with Crippen molar-refractivity contribution in [1.82, 2.24) is 4.98 Å². The molecule has 0 unspecified atom stereocenters. The second-order valence-corrected chi connectivity index (χ2v) is 5.04. The molecule has 0 saturated carbocycles. The largest absolute Gasteiger partial charge is 0.509 e. The predicted molar refractivity (Wildman–Crippen MR) is 78.9 cm³/mol. The highest BCUT2D eigenvalue weighted by Crippen LogP contribution is 2.17. The van der Waals surface area contributed by atoms with Gasteiger partial charge in [0.2, 0.25) is 5.52 Å². The number of rotatable bonds is 2. The summed E-state index contributed by atoms with van der Waals surface area (Å²) in [4.78, 5) is 29.1. The number of oxazole rings is 1. The van der Waals surface area contributed by atoms with Crippen molar-refractivity contribution in [3.05, 3.63) is 48.8 Å². The summed E-state index contributed by atoms with van der Waals surface area (Å²) in [7, 11) is 0. The number of carbonyl (C=O) groups excluding carboxylic acids is 2. The van der Waals surface area contributed by atoms with Crippen LogP contribution in [-0.2, 0) is 14.3 Å². The van der Waals surface area contributed by atoms with Gasteiger partial charge < -0.3 is 9.15 Å². The summed E-state index contributed by atoms with van der Waals surface area (Å²) in [5.74, 6) is -0.748. The predicted octanol–water partition coefficient (Wildman–Crippen LogP) is 0.994. The van der Waals surface area contributed by atoms with Crippen molar-refractivity contribution in [2.75, 3.05) is 18.1 Å². The Morgan fingerprint density at radius 2 is 1.70 bits per heavy atom. The zero-order valence-corrected chi connectivity index (χ0v) is 12.0. The van der Waals surface area contributed by atoms with Crippen LogP contribution in [0.25, 0.3) is 17.1 Å². The lowest BCUT2D eigenvalue weighted by atomic mass is 10.3. The maximum Gasteiger partial charge on any atom is 0.509 e. The molecule has 0 bridgehead atoms. The number of hydrogen-bond acceptors (Lipinski definition) is 5. The highest BCUT2D eigenvalue weighted by Gasteiger charge is 2.28. The van der Waals surface area contributed by atoms with Crippen LogP contribution in [0.3, 0.4) is 0 Å². The number of anilines is 1. The van der Waals surface area contributed by atoms with E-state index in [0.29, 0.717) is 17.3 Å². The number of morpholine rings is 1. The van der Waals surface area contributed by atoms with Gasteiger partial charge in [0.05, 0.1) is 5.69 Å². The molecule has 0 aliphatic carbocycles. The average molecular weight is 310 g/mol. The molecular formula is C16H12N3O4+. The van der Waals surface area contributed by atoms with Crippen LogP contribution in [0.1, 0.15) is 0 Å². The molecule has 4 rings (SSSR count). The number of benzene rings is 1. The number of ether oxygens (including phenoxy) is 1. The summed E-state index contributed by atoms with van der Waals surface area (Å²) in [5.41, 5.74) is 1.95. The number of aromatic nitrogens is 2. The highest BCUT2D eigenvalue weighted by atomic mass is 16.5. The zero-order valence-electron chi connectivity index (χ0n) is 12.0. The first-order chi connectivity index (χ1) is 11.2. The van der Waals surface area contributed by atoms with Crippen molar-refractivity contribution in [2.24, 2.45) is 0 Å². The Kier molecular flexibility index (Phi) is 3.13. The summed E-state index contributed by atoms with van der Waals surface area (Å²) < 4.78 is 12.2. The van der Waals surface area contributed by atoms with E-state index in [1.807, 2.05) is 24.3 Å². The Morgan fingerprint density at radius 1 is 1.00 bits per heavy atom. The van der Waals surface area contributed by atoms with Crippen LogP contribution in [0.4, 0.5) is 5.69 Å². The molecule has 1 aliphatic rings. The number of imide groups is 1. The van der Waals surface area contributed by atoms with Gasteiger partial charge in [0, 0.05) is 17.1 Å². The molecule has 3 aromatic rings. The van der Waals surface area contributed by atoms with E-state index in [9.17, 15) is 9.59 Å². The Bertz CT molecular complexity index is 852. The molecule has 7 heteroatoms. The van der Waals surface area contributed by atoms with Gasteiger partial charge in [0.25, 0.3) is 11.8 Å². The smallest absolute Gasteiger partial charge is 0.384 e. The lowest BCUT2D eigenvalue weighted by Gasteiger charge is -2.24. The van der Waals surface area contributed by atoms with Crippen LogP contribution in [0, 0.1) is 0 Å². The molecule has 2 aromatic heterocycles. The van der Waals surface area contributed by atoms with Gasteiger partial charge in [-0.3, -0.25) is 9.59 Å². The van der Waals surface area contributed by atoms with E-state index in [1.54, 1.807) is 29.1 Å². The fourth-order valence-electron chi connectivity index (χ4n) is 2.45. The third-order valence-corrected chi connectivity index (χ3v) is 3.52. The molecule has 1 aromatic carbocycles. The Morgan fingerprint density at radius 3 is 2.39 bits per heavy atom. The van der Waals surface area contributed by atoms with Crippen molar-refractivity contribution >= 4 is 28.6 Å². The monoisotopic (exact) mass is 310 g/mol. The summed E-state index contributed by atoms with van der Waals surface area (Å²) in [6, 6.07) is 11.2. The minimum atomic E-state index is -0.374. The van der Waals surface area contributed by atoms with Gasteiger partial charge in [-0.2, -0.15) is 4.57 Å². The van der Waals surface area contributed by atoms with Crippen molar-refractivity contribution in [2.45, 2.75) is 0 Å². The quantitative estimate of drug-likeness (QED) is 0.521. The zero-order chi connectivity index (χ0) is 15.8. The topological polar surface area (TPSA) is 76.5 Å². The van der Waals surface area contributed by atoms with Gasteiger partial charge in [0.15, 0.2) is 5.58 Å². The number of carbonyl (C=O) groups is 2. The first-order valence-electron chi connectivity index (χ1n) is 7.03. The third kappa shape index (κ3) is 2.36. The summed E-state index contributed by atoms with van der Waals surface area (Å²) >= 11 is 0. The third-order valence-electron chi connectivity index (χ3n) is 3.52. The normalized spacial score (nSPS) is 15.4. The molecule has 3 heterocycles. The van der Waals surface area contributed by atoms with E-state index in [4.69, 9.17) is 9.15 Å². The highest BCUT2D eigenvalue weighted by molar-refractivity contribution is 6.16. The molecule has 1 saturated heterocycles. The van der Waals surface area contributed by atoms with E-state index in [0.717, 1.165) is 10.4 Å². The molecule has 114 valence electrons. The summed E-state index contributed by atoms with van der Waals surface area (Å²) in [6.45, 7) is -0.183. The van der Waals surface area contributed by atoms with Gasteiger partial charge in [-0.05, 0) is 12.1 Å². The van der Waals surface area contributed by atoms with Crippen molar-refractivity contribution < 1.29 is 23.3 Å². The van der Waals surface area contributed by atoms with E-state index >= 15 is 0 Å². The first-order valence-corrected chi connectivity index (χ1v) is 7.03. The van der Waals surface area contributed by atoms with Crippen molar-refractivity contribution in [3.63, 3.8) is 0 Å². The van der Waals surface area contributed by atoms with Gasteiger partial charge in [0.1, 0.15) is 25.6 Å². The Labute approximate surface area is 130 Å². The molecule has 23 heavy (non-hydrogen) atoms. The summed E-state index contributed by atoms with van der Waals surface area (Å²) in [6.07, 6.45) is 3.38. The standard InChI is InChI=1S/C16H12N3O4/c20-14-9-22-10-15(21)19(14)11-5-7-18(8-6-11)16-17-12-3-1-2-4-13(12)23-16/h1-8H,9-10H2/q+1. The number of para-hydroxylation sites is 2. The molecule has 1 fully saturated rings. The van der Waals surface area contributed by atoms with Gasteiger partial charge in [-0.25, -0.2) is 4.90 Å². The minimum absolute atomic E-state index is 0.0915. The van der Waals surface area contributed by atoms with Crippen molar-refractivity contribution in [1.29, 1.82) is 0 Å². The lowest BCUT2D eigenvalue weighted by Crippen LogP contribution is -2.46. The second-order valence-electron chi connectivity index (χ2n) is 5.04. The van der Waals surface area contributed by atoms with E-state index < -0.39 is 0 Å². The van der Waals surface area contributed by atoms with E-state index in [2.05, 4.69) is 4.98 Å². The van der Waals surface area contributed by atoms with Crippen LogP contribution in [0.5, 0.6) is 0 Å². The number of amides is 2. The lowest BCUT2D eigenvalue weighted by molar-refractivity contribution is -0.612. The van der Waals surface area contributed by atoms with Gasteiger partial charge >= 0.3 is 6.01 Å². The van der Waals surface area contributed by atoms with Crippen LogP contribution in [0.15, 0.2) is 53.2 Å². The number of pyridine rings is 1. The molecule has 0 radical (unpaired) electrons. The fraction of sp³-hybridized carbons (Fsp3) is 0.125. The maximum absolute atomic E-state index is 11.8. The van der Waals surface area contributed by atoms with E-state index in [1.165, 1.54) is 0 Å². The maximum atomic E-state index is 11.8. The second kappa shape index (κ2) is 5.29. The average Bonchev–Trinajstić information content (AvgIpc) is 2.99. The molecule has 0 spiro atoms. The van der Waals surface area contributed by atoms with Gasteiger partial charge in [-0.1, -0.05) is 12.1 Å². The minimum Gasteiger partial charge on any atom is -0.384 e. The van der Waals surface area contributed by atoms with Crippen molar-refractivity contribution in [3.8, 4) is 6.01 Å². The summed E-state index contributed by atoms with van der Waals surface area (Å²) in [5, 5.41) is 0. The van der Waals surface area contributed by atoms with E-state index in [-0.39, 0.29) is 25.0 Å². The molecular weight excluding hydrogens is 298 g/mol. The van der Waals surface area contributed by atoms with Gasteiger partial charge in [-0.15, -0.1) is 0 Å².